The van der Waals surface area contributed by atoms with Crippen molar-refractivity contribution in [1.82, 2.24) is 9.78 Å². The molecule has 1 unspecified atom stereocenters. The second-order valence-corrected chi connectivity index (χ2v) is 6.55. The SMILES string of the molecule is CCc1cc(=S)n(C2CCS(=O)(=O)C2)[nH]1. The molecular formula is C9H14N2O2S2. The van der Waals surface area contributed by atoms with Crippen molar-refractivity contribution in [3.05, 3.63) is 16.4 Å². The molecule has 1 aliphatic heterocycles. The van der Waals surface area contributed by atoms with E-state index in [1.165, 1.54) is 0 Å². The number of aromatic amines is 1. The van der Waals surface area contributed by atoms with E-state index in [1.54, 1.807) is 0 Å². The lowest BCUT2D eigenvalue weighted by Gasteiger charge is -2.09. The van der Waals surface area contributed by atoms with Crippen molar-refractivity contribution in [2.75, 3.05) is 11.5 Å². The molecule has 84 valence electrons. The van der Waals surface area contributed by atoms with Gasteiger partial charge in [0.2, 0.25) is 0 Å². The van der Waals surface area contributed by atoms with Crippen molar-refractivity contribution in [3.8, 4) is 0 Å². The topological polar surface area (TPSA) is 54.9 Å². The quantitative estimate of drug-likeness (QED) is 0.804. The monoisotopic (exact) mass is 246 g/mol. The van der Waals surface area contributed by atoms with E-state index in [0.717, 1.165) is 12.1 Å². The van der Waals surface area contributed by atoms with E-state index in [-0.39, 0.29) is 17.5 Å². The van der Waals surface area contributed by atoms with Gasteiger partial charge in [0.15, 0.2) is 9.84 Å². The number of rotatable bonds is 2. The van der Waals surface area contributed by atoms with Gasteiger partial charge in [0.25, 0.3) is 0 Å². The summed E-state index contributed by atoms with van der Waals surface area (Å²) >= 11 is 5.19. The van der Waals surface area contributed by atoms with Gasteiger partial charge >= 0.3 is 0 Å². The Balaban J connectivity index is 2.31. The zero-order valence-corrected chi connectivity index (χ0v) is 10.2. The molecule has 1 aromatic rings. The maximum Gasteiger partial charge on any atom is 0.152 e. The third kappa shape index (κ3) is 2.15. The molecule has 4 nitrogen and oxygen atoms in total. The van der Waals surface area contributed by atoms with Crippen LogP contribution in [0.25, 0.3) is 0 Å². The number of aromatic nitrogens is 2. The van der Waals surface area contributed by atoms with E-state index in [2.05, 4.69) is 5.10 Å². The van der Waals surface area contributed by atoms with Crippen molar-refractivity contribution < 1.29 is 8.42 Å². The fourth-order valence-electron chi connectivity index (χ4n) is 1.89. The molecule has 0 spiro atoms. The highest BCUT2D eigenvalue weighted by molar-refractivity contribution is 7.91. The summed E-state index contributed by atoms with van der Waals surface area (Å²) in [6.45, 7) is 2.04. The van der Waals surface area contributed by atoms with E-state index < -0.39 is 9.84 Å². The molecule has 6 heteroatoms. The number of nitrogens with one attached hydrogen (secondary N) is 1. The molecule has 15 heavy (non-hydrogen) atoms. The molecule has 0 saturated carbocycles. The molecule has 1 saturated heterocycles. The summed E-state index contributed by atoms with van der Waals surface area (Å²) in [4.78, 5) is 0. The predicted molar refractivity (Wildman–Crippen MR) is 61.3 cm³/mol. The van der Waals surface area contributed by atoms with E-state index in [9.17, 15) is 8.42 Å². The summed E-state index contributed by atoms with van der Waals surface area (Å²) < 4.78 is 25.2. The lowest BCUT2D eigenvalue weighted by Crippen LogP contribution is -2.12. The second kappa shape index (κ2) is 3.75. The average molecular weight is 246 g/mol. The zero-order valence-electron chi connectivity index (χ0n) is 8.56. The predicted octanol–water partition coefficient (Wildman–Crippen LogP) is 1.47. The normalized spacial score (nSPS) is 24.5. The smallest absolute Gasteiger partial charge is 0.152 e. The Labute approximate surface area is 94.2 Å². The third-order valence-corrected chi connectivity index (χ3v) is 4.82. The highest BCUT2D eigenvalue weighted by Gasteiger charge is 2.29. The lowest BCUT2D eigenvalue weighted by atomic mass is 10.3. The Kier molecular flexibility index (Phi) is 2.72. The first-order chi connectivity index (χ1) is 7.02. The molecule has 1 aliphatic rings. The number of aryl methyl sites for hydroxylation is 1. The minimum absolute atomic E-state index is 0.00259. The molecule has 0 aliphatic carbocycles. The number of hydrogen-bond donors (Lipinski definition) is 1. The molecule has 1 atom stereocenters. The molecule has 0 amide bonds. The Morgan fingerprint density at radius 3 is 2.87 bits per heavy atom. The summed E-state index contributed by atoms with van der Waals surface area (Å²) in [5, 5.41) is 3.16. The minimum atomic E-state index is -2.84. The van der Waals surface area contributed by atoms with Gasteiger partial charge in [-0.2, -0.15) is 0 Å². The van der Waals surface area contributed by atoms with Gasteiger partial charge in [-0.15, -0.1) is 0 Å². The number of H-pyrrole nitrogens is 1. The highest BCUT2D eigenvalue weighted by atomic mass is 32.2. The molecule has 0 aromatic carbocycles. The van der Waals surface area contributed by atoms with Crippen LogP contribution in [-0.2, 0) is 16.3 Å². The first-order valence-electron chi connectivity index (χ1n) is 5.02. The molecule has 1 aromatic heterocycles. The largest absolute Gasteiger partial charge is 0.301 e. The van der Waals surface area contributed by atoms with Crippen LogP contribution < -0.4 is 0 Å². The molecule has 2 rings (SSSR count). The average Bonchev–Trinajstić information content (AvgIpc) is 2.69. The summed E-state index contributed by atoms with van der Waals surface area (Å²) in [5.41, 5.74) is 1.06. The first-order valence-corrected chi connectivity index (χ1v) is 7.25. The molecule has 1 N–H and O–H groups in total. The van der Waals surface area contributed by atoms with Gasteiger partial charge in [-0.1, -0.05) is 19.1 Å². The van der Waals surface area contributed by atoms with Gasteiger partial charge in [-0.25, -0.2) is 8.42 Å². The Bertz CT molecular complexity index is 512. The van der Waals surface area contributed by atoms with Gasteiger partial charge in [0.1, 0.15) is 4.64 Å². The Hall–Kier alpha value is -0.620. The van der Waals surface area contributed by atoms with Crippen LogP contribution in [0.1, 0.15) is 25.1 Å². The van der Waals surface area contributed by atoms with Gasteiger partial charge in [0, 0.05) is 5.69 Å². The van der Waals surface area contributed by atoms with Crippen LogP contribution in [0.3, 0.4) is 0 Å². The molecule has 2 heterocycles. The van der Waals surface area contributed by atoms with Crippen LogP contribution in [0.15, 0.2) is 6.07 Å². The van der Waals surface area contributed by atoms with Crippen LogP contribution in [0.5, 0.6) is 0 Å². The van der Waals surface area contributed by atoms with E-state index in [0.29, 0.717) is 11.1 Å². The van der Waals surface area contributed by atoms with Crippen molar-refractivity contribution in [3.63, 3.8) is 0 Å². The van der Waals surface area contributed by atoms with E-state index >= 15 is 0 Å². The fourth-order valence-corrected chi connectivity index (χ4v) is 3.93. The summed E-state index contributed by atoms with van der Waals surface area (Å²) in [6, 6.07) is 1.91. The summed E-state index contributed by atoms with van der Waals surface area (Å²) in [7, 11) is -2.84. The fraction of sp³-hybridized carbons (Fsp3) is 0.667. The van der Waals surface area contributed by atoms with Crippen LogP contribution in [0.2, 0.25) is 0 Å². The lowest BCUT2D eigenvalue weighted by molar-refractivity contribution is 0.490. The summed E-state index contributed by atoms with van der Waals surface area (Å²) in [6.07, 6.45) is 1.55. The number of sulfone groups is 1. The standard InChI is InChI=1S/C9H14N2O2S2/c1-2-7-5-9(14)11(10-7)8-3-4-15(12,13)6-8/h5,8,10H,2-4,6H2,1H3. The van der Waals surface area contributed by atoms with Gasteiger partial charge in [-0.05, 0) is 18.9 Å². The molecule has 0 bridgehead atoms. The van der Waals surface area contributed by atoms with Crippen LogP contribution in [0, 0.1) is 4.64 Å². The van der Waals surface area contributed by atoms with Gasteiger partial charge in [-0.3, -0.25) is 4.68 Å². The van der Waals surface area contributed by atoms with E-state index in [4.69, 9.17) is 12.2 Å². The third-order valence-electron chi connectivity index (χ3n) is 2.75. The van der Waals surface area contributed by atoms with Gasteiger partial charge in [0.05, 0.1) is 17.5 Å². The minimum Gasteiger partial charge on any atom is -0.301 e. The zero-order chi connectivity index (χ0) is 11.1. The number of nitrogens with zero attached hydrogens (tertiary/aromatic N) is 1. The van der Waals surface area contributed by atoms with Crippen molar-refractivity contribution in [1.29, 1.82) is 0 Å². The number of hydrogen-bond acceptors (Lipinski definition) is 3. The Morgan fingerprint density at radius 2 is 2.40 bits per heavy atom. The maximum atomic E-state index is 11.3. The van der Waals surface area contributed by atoms with Gasteiger partial charge < -0.3 is 5.10 Å². The van der Waals surface area contributed by atoms with Crippen LogP contribution in [0.4, 0.5) is 0 Å². The molecular weight excluding hydrogens is 232 g/mol. The first kappa shape index (κ1) is 10.9. The van der Waals surface area contributed by atoms with E-state index in [1.807, 2.05) is 17.7 Å². The second-order valence-electron chi connectivity index (χ2n) is 3.90. The van der Waals surface area contributed by atoms with Crippen molar-refractivity contribution in [2.45, 2.75) is 25.8 Å². The maximum absolute atomic E-state index is 11.3. The molecule has 1 fully saturated rings. The Morgan fingerprint density at radius 1 is 1.67 bits per heavy atom. The van der Waals surface area contributed by atoms with Crippen LogP contribution in [-0.4, -0.2) is 29.7 Å². The van der Waals surface area contributed by atoms with Crippen LogP contribution >= 0.6 is 12.2 Å². The highest BCUT2D eigenvalue weighted by Crippen LogP contribution is 2.23. The van der Waals surface area contributed by atoms with Crippen molar-refractivity contribution >= 4 is 22.1 Å². The molecule has 0 radical (unpaired) electrons. The van der Waals surface area contributed by atoms with Crippen molar-refractivity contribution in [2.24, 2.45) is 0 Å². The summed E-state index contributed by atoms with van der Waals surface area (Å²) in [5.74, 6) is 0.491.